The lowest BCUT2D eigenvalue weighted by atomic mass is 10.00. The van der Waals surface area contributed by atoms with Gasteiger partial charge in [-0.05, 0) is 42.7 Å². The molecule has 2 atom stereocenters. The number of aliphatic hydroxyl groups is 1. The Morgan fingerprint density at radius 1 is 1.46 bits per heavy atom. The molecule has 5 nitrogen and oxygen atoms in total. The van der Waals surface area contributed by atoms with Crippen LogP contribution in [0.4, 0.5) is 0 Å². The minimum absolute atomic E-state index is 0.0433. The first-order valence-corrected chi connectivity index (χ1v) is 10.8. The van der Waals surface area contributed by atoms with E-state index in [0.29, 0.717) is 32.2 Å². The van der Waals surface area contributed by atoms with Crippen molar-refractivity contribution in [2.45, 2.75) is 70.4 Å². The van der Waals surface area contributed by atoms with Crippen molar-refractivity contribution >= 4 is 23.2 Å². The molecule has 0 saturated carbocycles. The molecule has 6 heteroatoms. The normalized spacial score (nSPS) is 18.1. The molecule has 0 bridgehead atoms. The highest BCUT2D eigenvalue weighted by atomic mass is 32.1. The number of hydrogen-bond donors (Lipinski definition) is 2. The molecule has 1 aliphatic rings. The maximum Gasteiger partial charge on any atom is 0.303 e. The number of rotatable bonds is 9. The number of aryl methyl sites for hydroxylation is 1. The average Bonchev–Trinajstić information content (AvgIpc) is 3.11. The number of amides is 1. The van der Waals surface area contributed by atoms with E-state index in [4.69, 9.17) is 5.11 Å². The summed E-state index contributed by atoms with van der Waals surface area (Å²) in [5.74, 6) is 5.22. The lowest BCUT2D eigenvalue weighted by Gasteiger charge is -2.32. The topological polar surface area (TPSA) is 77.8 Å². The van der Waals surface area contributed by atoms with E-state index in [-0.39, 0.29) is 18.4 Å². The van der Waals surface area contributed by atoms with E-state index in [1.807, 2.05) is 6.08 Å². The van der Waals surface area contributed by atoms with Crippen molar-refractivity contribution in [2.75, 3.05) is 6.54 Å². The second kappa shape index (κ2) is 11.7. The number of carboxylic acid groups (broad SMARTS) is 1. The minimum Gasteiger partial charge on any atom is -0.481 e. The van der Waals surface area contributed by atoms with Gasteiger partial charge in [0, 0.05) is 30.6 Å². The zero-order valence-electron chi connectivity index (χ0n) is 16.4. The molecule has 1 amide bonds. The van der Waals surface area contributed by atoms with Crippen LogP contribution in [-0.4, -0.2) is 45.7 Å². The molecule has 1 fully saturated rings. The van der Waals surface area contributed by atoms with Crippen LogP contribution in [0.5, 0.6) is 0 Å². The third-order valence-electron chi connectivity index (χ3n) is 4.85. The van der Waals surface area contributed by atoms with Gasteiger partial charge in [-0.15, -0.1) is 17.3 Å². The Hall–Kier alpha value is -2.10. The van der Waals surface area contributed by atoms with Crippen LogP contribution in [0.3, 0.4) is 0 Å². The van der Waals surface area contributed by atoms with Crippen LogP contribution in [-0.2, 0) is 22.4 Å². The molecule has 0 spiro atoms. The van der Waals surface area contributed by atoms with Crippen LogP contribution in [0.1, 0.15) is 55.9 Å². The molecule has 152 valence electrons. The van der Waals surface area contributed by atoms with Crippen LogP contribution in [0, 0.1) is 11.8 Å². The van der Waals surface area contributed by atoms with Crippen molar-refractivity contribution in [3.05, 3.63) is 34.0 Å². The Morgan fingerprint density at radius 3 is 3.04 bits per heavy atom. The first-order chi connectivity index (χ1) is 13.5. The lowest BCUT2D eigenvalue weighted by Crippen LogP contribution is -2.42. The van der Waals surface area contributed by atoms with Gasteiger partial charge in [0.1, 0.15) is 0 Å². The van der Waals surface area contributed by atoms with Crippen LogP contribution in [0.25, 0.3) is 0 Å². The highest BCUT2D eigenvalue weighted by molar-refractivity contribution is 7.10. The van der Waals surface area contributed by atoms with Gasteiger partial charge in [0.15, 0.2) is 0 Å². The van der Waals surface area contributed by atoms with Gasteiger partial charge < -0.3 is 15.1 Å². The Bertz CT molecular complexity index is 743. The number of carbonyl (C=O) groups excluding carboxylic acids is 1. The number of hydrogen-bond acceptors (Lipinski definition) is 4. The highest BCUT2D eigenvalue weighted by Crippen LogP contribution is 2.21. The summed E-state index contributed by atoms with van der Waals surface area (Å²) in [6.07, 6.45) is 8.14. The van der Waals surface area contributed by atoms with Crippen molar-refractivity contribution in [3.63, 3.8) is 0 Å². The molecule has 2 rings (SSSR count). The number of nitrogens with zero attached hydrogens (tertiary/aromatic N) is 1. The molecule has 0 aliphatic carbocycles. The van der Waals surface area contributed by atoms with Gasteiger partial charge in [-0.2, -0.15) is 0 Å². The molecule has 1 aliphatic heterocycles. The number of thiophene rings is 1. The number of carboxylic acids is 1. The Morgan fingerprint density at radius 2 is 2.29 bits per heavy atom. The quantitative estimate of drug-likeness (QED) is 0.376. The smallest absolute Gasteiger partial charge is 0.303 e. The van der Waals surface area contributed by atoms with Gasteiger partial charge in [-0.25, -0.2) is 0 Å². The molecule has 1 aromatic rings. The zero-order valence-corrected chi connectivity index (χ0v) is 17.2. The fourth-order valence-electron chi connectivity index (χ4n) is 3.29. The van der Waals surface area contributed by atoms with Crippen molar-refractivity contribution in [3.8, 4) is 11.8 Å². The number of carbonyl (C=O) groups is 2. The van der Waals surface area contributed by atoms with Crippen molar-refractivity contribution in [1.82, 2.24) is 4.90 Å². The van der Waals surface area contributed by atoms with Gasteiger partial charge in [0.2, 0.25) is 5.91 Å². The highest BCUT2D eigenvalue weighted by Gasteiger charge is 2.25. The Kier molecular flexibility index (Phi) is 9.26. The van der Waals surface area contributed by atoms with Gasteiger partial charge in [-0.3, -0.25) is 9.59 Å². The fraction of sp³-hybridized carbons (Fsp3) is 0.545. The molecular weight excluding hydrogens is 374 g/mol. The van der Waals surface area contributed by atoms with Gasteiger partial charge in [-0.1, -0.05) is 25.0 Å². The largest absolute Gasteiger partial charge is 0.481 e. The minimum atomic E-state index is -0.814. The lowest BCUT2D eigenvalue weighted by molar-refractivity contribution is -0.137. The number of aliphatic carboxylic acids is 1. The maximum absolute atomic E-state index is 12.3. The van der Waals surface area contributed by atoms with E-state index >= 15 is 0 Å². The van der Waals surface area contributed by atoms with Crippen LogP contribution < -0.4 is 0 Å². The van der Waals surface area contributed by atoms with E-state index in [1.165, 1.54) is 10.4 Å². The number of piperidine rings is 1. The van der Waals surface area contributed by atoms with E-state index in [1.54, 1.807) is 22.3 Å². The molecule has 28 heavy (non-hydrogen) atoms. The third-order valence-corrected chi connectivity index (χ3v) is 5.83. The number of unbranched alkanes of at least 4 members (excludes halogenated alkanes) is 1. The van der Waals surface area contributed by atoms with Crippen molar-refractivity contribution in [1.29, 1.82) is 0 Å². The average molecular weight is 404 g/mol. The van der Waals surface area contributed by atoms with Crippen molar-refractivity contribution in [2.24, 2.45) is 0 Å². The molecule has 1 saturated heterocycles. The van der Waals surface area contributed by atoms with Crippen LogP contribution in [0.2, 0.25) is 0 Å². The molecule has 1 aromatic heterocycles. The Balaban J connectivity index is 1.89. The molecule has 2 heterocycles. The summed E-state index contributed by atoms with van der Waals surface area (Å²) >= 11 is 1.67. The molecule has 0 aromatic carbocycles. The van der Waals surface area contributed by atoms with Gasteiger partial charge in [0.25, 0.3) is 0 Å². The second-order valence-corrected chi connectivity index (χ2v) is 7.96. The standard InChI is InChI=1S/C22H29NO4S/c1-2-17-13-15-28-20(17)16-19(24)12-11-18-8-7-9-21(25)23(18)14-6-4-3-5-10-22(26)27/h11-13,15,18-19,24H,2-3,5,7-10,14,16H2,1H3,(H,26,27)/b12-11+/t18-,19?/m1/s1. The Labute approximate surface area is 171 Å². The summed E-state index contributed by atoms with van der Waals surface area (Å²) in [7, 11) is 0. The second-order valence-electron chi connectivity index (χ2n) is 6.96. The van der Waals surface area contributed by atoms with Crippen LogP contribution in [0.15, 0.2) is 23.6 Å². The first-order valence-electron chi connectivity index (χ1n) is 9.89. The monoisotopic (exact) mass is 403 g/mol. The molecule has 1 unspecified atom stereocenters. The van der Waals surface area contributed by atoms with E-state index in [2.05, 4.69) is 30.2 Å². The molecule has 0 radical (unpaired) electrons. The van der Waals surface area contributed by atoms with E-state index in [0.717, 1.165) is 19.3 Å². The summed E-state index contributed by atoms with van der Waals surface area (Å²) in [5, 5.41) is 21.1. The summed E-state index contributed by atoms with van der Waals surface area (Å²) in [6, 6.07) is 2.06. The van der Waals surface area contributed by atoms with Crippen LogP contribution >= 0.6 is 11.3 Å². The predicted molar refractivity (Wildman–Crippen MR) is 111 cm³/mol. The van der Waals surface area contributed by atoms with E-state index in [9.17, 15) is 14.7 Å². The molecule has 2 N–H and O–H groups in total. The first kappa shape index (κ1) is 22.2. The van der Waals surface area contributed by atoms with Gasteiger partial charge >= 0.3 is 5.97 Å². The maximum atomic E-state index is 12.3. The zero-order chi connectivity index (χ0) is 20.4. The number of aliphatic hydroxyl groups excluding tert-OH is 1. The summed E-state index contributed by atoms with van der Waals surface area (Å²) in [5.41, 5.74) is 1.28. The van der Waals surface area contributed by atoms with E-state index < -0.39 is 12.1 Å². The summed E-state index contributed by atoms with van der Waals surface area (Å²) in [4.78, 5) is 25.8. The van der Waals surface area contributed by atoms with Crippen molar-refractivity contribution < 1.29 is 19.8 Å². The predicted octanol–water partition coefficient (Wildman–Crippen LogP) is 3.41. The fourth-order valence-corrected chi connectivity index (χ4v) is 4.31. The third kappa shape index (κ3) is 7.14. The number of likely N-dealkylation sites (tertiary alicyclic amines) is 1. The SMILES string of the molecule is CCc1ccsc1CC(O)/C=C/[C@H]1CCCC(=O)N1CC#CCCCC(=O)O. The van der Waals surface area contributed by atoms with Gasteiger partial charge in [0.05, 0.1) is 18.7 Å². The molecular formula is C22H29NO4S. The summed E-state index contributed by atoms with van der Waals surface area (Å²) < 4.78 is 0. The summed E-state index contributed by atoms with van der Waals surface area (Å²) in [6.45, 7) is 2.46.